The van der Waals surface area contributed by atoms with E-state index in [4.69, 9.17) is 0 Å². The number of nitrogens with one attached hydrogen (secondary N) is 2. The fraction of sp³-hybridized carbons (Fsp3) is 0.300. The van der Waals surface area contributed by atoms with E-state index in [0.29, 0.717) is 17.7 Å². The van der Waals surface area contributed by atoms with Gasteiger partial charge in [0.05, 0.1) is 17.7 Å². The Hall–Kier alpha value is -3.33. The maximum Gasteiger partial charge on any atom is 0.254 e. The smallest absolute Gasteiger partial charge is 0.254 e. The van der Waals surface area contributed by atoms with Crippen molar-refractivity contribution < 1.29 is 18.7 Å². The molecule has 0 aliphatic rings. The van der Waals surface area contributed by atoms with Crippen molar-refractivity contribution >= 4 is 17.2 Å². The first-order chi connectivity index (χ1) is 18.2. The Kier molecular flexibility index (Phi) is 9.09. The van der Waals surface area contributed by atoms with Crippen LogP contribution in [0.25, 0.3) is 5.00 Å². The molecule has 2 atom stereocenters. The largest absolute Gasteiger partial charge is 0.390 e. The van der Waals surface area contributed by atoms with Gasteiger partial charge in [0.15, 0.2) is 0 Å². The zero-order chi connectivity index (χ0) is 27.2. The lowest BCUT2D eigenvalue weighted by Crippen LogP contribution is -2.48. The molecule has 200 valence electrons. The van der Waals surface area contributed by atoms with Crippen LogP contribution in [0.2, 0.25) is 0 Å². The van der Waals surface area contributed by atoms with Crippen molar-refractivity contribution in [2.75, 3.05) is 6.54 Å². The molecule has 4 aromatic rings. The van der Waals surface area contributed by atoms with E-state index in [1.54, 1.807) is 6.07 Å². The van der Waals surface area contributed by atoms with Crippen LogP contribution in [-0.2, 0) is 19.4 Å². The zero-order valence-corrected chi connectivity index (χ0v) is 22.6. The molecule has 0 bridgehead atoms. The Morgan fingerprint density at radius 1 is 0.974 bits per heavy atom. The van der Waals surface area contributed by atoms with Crippen molar-refractivity contribution in [1.82, 2.24) is 15.2 Å². The third kappa shape index (κ3) is 6.75. The first-order valence-electron chi connectivity index (χ1n) is 12.7. The quantitative estimate of drug-likeness (QED) is 0.237. The molecule has 2 heterocycles. The molecule has 0 saturated carbocycles. The van der Waals surface area contributed by atoms with Crippen LogP contribution in [0.3, 0.4) is 0 Å². The summed E-state index contributed by atoms with van der Waals surface area (Å²) in [6.45, 7) is 6.77. The highest BCUT2D eigenvalue weighted by Gasteiger charge is 2.25. The minimum atomic E-state index is -1.00. The van der Waals surface area contributed by atoms with Gasteiger partial charge in [0, 0.05) is 30.5 Å². The summed E-state index contributed by atoms with van der Waals surface area (Å²) in [4.78, 5) is 13.5. The normalized spacial score (nSPS) is 12.9. The minimum Gasteiger partial charge on any atom is -0.390 e. The Labute approximate surface area is 226 Å². The molecule has 2 aromatic carbocycles. The van der Waals surface area contributed by atoms with Crippen molar-refractivity contribution in [3.05, 3.63) is 111 Å². The van der Waals surface area contributed by atoms with Gasteiger partial charge in [-0.2, -0.15) is 0 Å². The highest BCUT2D eigenvalue weighted by atomic mass is 32.1. The topological polar surface area (TPSA) is 66.3 Å². The second-order valence-electron chi connectivity index (χ2n) is 9.52. The van der Waals surface area contributed by atoms with Gasteiger partial charge in [-0.05, 0) is 79.1 Å². The van der Waals surface area contributed by atoms with Crippen molar-refractivity contribution in [1.29, 1.82) is 0 Å². The number of aryl methyl sites for hydroxylation is 3. The predicted molar refractivity (Wildman–Crippen MR) is 148 cm³/mol. The molecular weight excluding hydrogens is 504 g/mol. The predicted octanol–water partition coefficient (Wildman–Crippen LogP) is 5.49. The number of aliphatic hydroxyl groups is 1. The fourth-order valence-corrected chi connectivity index (χ4v) is 5.63. The van der Waals surface area contributed by atoms with Gasteiger partial charge in [-0.15, -0.1) is 11.3 Å². The number of thiophene rings is 1. The summed E-state index contributed by atoms with van der Waals surface area (Å²) in [7, 11) is 0. The van der Waals surface area contributed by atoms with Crippen LogP contribution in [-0.4, -0.2) is 34.3 Å². The van der Waals surface area contributed by atoms with E-state index in [-0.39, 0.29) is 18.9 Å². The second kappa shape index (κ2) is 12.5. The maximum atomic E-state index is 13.9. The number of halogens is 2. The molecule has 3 N–H and O–H groups in total. The molecule has 0 radical (unpaired) electrons. The Morgan fingerprint density at radius 3 is 2.34 bits per heavy atom. The van der Waals surface area contributed by atoms with E-state index in [2.05, 4.69) is 29.7 Å². The highest BCUT2D eigenvalue weighted by Crippen LogP contribution is 2.26. The summed E-state index contributed by atoms with van der Waals surface area (Å²) in [6, 6.07) is 16.4. The van der Waals surface area contributed by atoms with Crippen molar-refractivity contribution in [3.63, 3.8) is 0 Å². The summed E-state index contributed by atoms with van der Waals surface area (Å²) in [6.07, 6.45) is -0.00594. The van der Waals surface area contributed by atoms with Gasteiger partial charge in [-0.3, -0.25) is 4.79 Å². The molecule has 1 amide bonds. The van der Waals surface area contributed by atoms with Crippen LogP contribution in [0.1, 0.15) is 45.4 Å². The van der Waals surface area contributed by atoms with Gasteiger partial charge in [-0.1, -0.05) is 31.2 Å². The van der Waals surface area contributed by atoms with E-state index in [1.165, 1.54) is 29.0 Å². The van der Waals surface area contributed by atoms with Crippen molar-refractivity contribution in [2.45, 2.75) is 52.3 Å². The molecular formula is C30H33F2N3O2S. The number of nitrogens with zero attached hydrogens (tertiary/aromatic N) is 1. The molecule has 0 spiro atoms. The number of carbonyl (C=O) groups excluding carboxylic acids is 1. The number of hydrogen-bond donors (Lipinski definition) is 3. The average Bonchev–Trinajstić information content (AvgIpc) is 3.48. The van der Waals surface area contributed by atoms with E-state index < -0.39 is 23.8 Å². The summed E-state index contributed by atoms with van der Waals surface area (Å²) < 4.78 is 29.8. The van der Waals surface area contributed by atoms with Crippen LogP contribution >= 0.6 is 11.3 Å². The molecule has 0 saturated heterocycles. The number of aromatic nitrogens is 1. The third-order valence-corrected chi connectivity index (χ3v) is 7.50. The van der Waals surface area contributed by atoms with Crippen molar-refractivity contribution in [2.24, 2.45) is 0 Å². The second-order valence-corrected chi connectivity index (χ2v) is 10.4. The van der Waals surface area contributed by atoms with Gasteiger partial charge >= 0.3 is 0 Å². The van der Waals surface area contributed by atoms with Crippen LogP contribution in [0.5, 0.6) is 0 Å². The molecule has 2 aromatic heterocycles. The summed E-state index contributed by atoms with van der Waals surface area (Å²) in [5, 5.41) is 19.9. The standard InChI is InChI=1S/C30H33F2N3O2S/c1-4-21-6-5-7-22(12-21)17-33-18-28(36)27(15-23-13-24(31)16-25(32)14-23)34-29(37)26-10-11-38-30(26)35-19(2)8-9-20(35)3/h5-14,16,27-28,33,36H,4,15,17-18H2,1-3H3,(H,34,37)/t27-,28+/m1/s1. The third-order valence-electron chi connectivity index (χ3n) is 6.60. The fourth-order valence-electron chi connectivity index (χ4n) is 4.61. The monoisotopic (exact) mass is 537 g/mol. The summed E-state index contributed by atoms with van der Waals surface area (Å²) >= 11 is 1.45. The van der Waals surface area contributed by atoms with Crippen LogP contribution < -0.4 is 10.6 Å². The number of rotatable bonds is 11. The Bertz CT molecular complexity index is 1360. The lowest BCUT2D eigenvalue weighted by molar-refractivity contribution is 0.0830. The molecule has 0 unspecified atom stereocenters. The molecule has 38 heavy (non-hydrogen) atoms. The number of amides is 1. The lowest BCUT2D eigenvalue weighted by atomic mass is 10.00. The first-order valence-corrected chi connectivity index (χ1v) is 13.6. The van der Waals surface area contributed by atoms with E-state index in [0.717, 1.165) is 34.4 Å². The van der Waals surface area contributed by atoms with Gasteiger partial charge in [-0.25, -0.2) is 8.78 Å². The highest BCUT2D eigenvalue weighted by molar-refractivity contribution is 7.13. The van der Waals surface area contributed by atoms with Gasteiger partial charge in [0.2, 0.25) is 0 Å². The molecule has 8 heteroatoms. The lowest BCUT2D eigenvalue weighted by Gasteiger charge is -2.25. The van der Waals surface area contributed by atoms with E-state index in [9.17, 15) is 18.7 Å². The molecule has 0 aliphatic heterocycles. The SMILES string of the molecule is CCc1cccc(CNC[C@H](O)[C@@H](Cc2cc(F)cc(F)c2)NC(=O)c2ccsc2-n2c(C)ccc2C)c1. The number of benzene rings is 2. The van der Waals surface area contributed by atoms with Gasteiger partial charge < -0.3 is 20.3 Å². The van der Waals surface area contributed by atoms with E-state index in [1.807, 2.05) is 48.1 Å². The number of hydrogen-bond acceptors (Lipinski definition) is 4. The Morgan fingerprint density at radius 2 is 1.66 bits per heavy atom. The van der Waals surface area contributed by atoms with Crippen LogP contribution in [0.15, 0.2) is 66.0 Å². The van der Waals surface area contributed by atoms with Crippen LogP contribution in [0, 0.1) is 25.5 Å². The average molecular weight is 538 g/mol. The number of carbonyl (C=O) groups is 1. The first kappa shape index (κ1) is 27.7. The Balaban J connectivity index is 1.52. The minimum absolute atomic E-state index is 0.0651. The zero-order valence-electron chi connectivity index (χ0n) is 21.8. The summed E-state index contributed by atoms with van der Waals surface area (Å²) in [5.74, 6) is -1.76. The maximum absolute atomic E-state index is 13.9. The van der Waals surface area contributed by atoms with Crippen molar-refractivity contribution in [3.8, 4) is 5.00 Å². The molecule has 0 fully saturated rings. The molecule has 4 rings (SSSR count). The number of aliphatic hydroxyl groups excluding tert-OH is 1. The molecule has 5 nitrogen and oxygen atoms in total. The summed E-state index contributed by atoms with van der Waals surface area (Å²) in [5.41, 5.74) is 5.14. The van der Waals surface area contributed by atoms with Crippen LogP contribution in [0.4, 0.5) is 8.78 Å². The van der Waals surface area contributed by atoms with Gasteiger partial charge in [0.1, 0.15) is 16.6 Å². The van der Waals surface area contributed by atoms with E-state index >= 15 is 0 Å². The van der Waals surface area contributed by atoms with Gasteiger partial charge in [0.25, 0.3) is 5.91 Å². The molecule has 0 aliphatic carbocycles.